The maximum atomic E-state index is 11.5. The molecule has 0 aliphatic heterocycles. The summed E-state index contributed by atoms with van der Waals surface area (Å²) in [6, 6.07) is 33.6. The van der Waals surface area contributed by atoms with Crippen LogP contribution in [0.3, 0.4) is 0 Å². The fourth-order valence-corrected chi connectivity index (χ4v) is 16.2. The molecule has 4 aromatic rings. The molecular formula is C33H39O2PSi. The number of rotatable bonds is 5. The summed E-state index contributed by atoms with van der Waals surface area (Å²) < 4.78 is 0. The van der Waals surface area contributed by atoms with Crippen molar-refractivity contribution in [3.8, 4) is 11.5 Å². The highest BCUT2D eigenvalue weighted by molar-refractivity contribution is 8.08. The van der Waals surface area contributed by atoms with Gasteiger partial charge in [0.05, 0.1) is 0 Å². The van der Waals surface area contributed by atoms with Gasteiger partial charge < -0.3 is 10.2 Å². The Kier molecular flexibility index (Phi) is 7.43. The van der Waals surface area contributed by atoms with Crippen molar-refractivity contribution < 1.29 is 10.2 Å². The van der Waals surface area contributed by atoms with Crippen molar-refractivity contribution in [1.82, 2.24) is 0 Å². The Bertz CT molecular complexity index is 1270. The van der Waals surface area contributed by atoms with E-state index in [9.17, 15) is 10.2 Å². The summed E-state index contributed by atoms with van der Waals surface area (Å²) in [5.74, 6) is 0.593. The summed E-state index contributed by atoms with van der Waals surface area (Å²) in [6.07, 6.45) is 0. The van der Waals surface area contributed by atoms with Gasteiger partial charge in [-0.25, -0.2) is 0 Å². The predicted octanol–water partition coefficient (Wildman–Crippen LogP) is 6.52. The molecule has 0 fully saturated rings. The highest BCUT2D eigenvalue weighted by Gasteiger charge is 2.44. The summed E-state index contributed by atoms with van der Waals surface area (Å²) in [5.41, 5.74) is 2.21. The Hall–Kier alpha value is -2.87. The first kappa shape index (κ1) is 27.2. The second kappa shape index (κ2) is 10.1. The average Bonchev–Trinajstić information content (AvgIpc) is 2.86. The SMILES string of the molecule is CC(C)(C)c1ccc(O)c(P(c2cc(C(C)(C)C)ccc2O)[Si](C)(c2ccccc2)c2ccccc2)c1. The van der Waals surface area contributed by atoms with Gasteiger partial charge in [0.2, 0.25) is 0 Å². The Balaban J connectivity index is 2.15. The lowest BCUT2D eigenvalue weighted by molar-refractivity contribution is 0.478. The topological polar surface area (TPSA) is 40.5 Å². The molecule has 0 aliphatic carbocycles. The largest absolute Gasteiger partial charge is 0.507 e. The average molecular weight is 527 g/mol. The van der Waals surface area contributed by atoms with Crippen molar-refractivity contribution in [3.63, 3.8) is 0 Å². The number of phenols is 2. The van der Waals surface area contributed by atoms with Gasteiger partial charge in [-0.3, -0.25) is 0 Å². The van der Waals surface area contributed by atoms with E-state index < -0.39 is 15.2 Å². The molecule has 0 unspecified atom stereocenters. The zero-order chi connectivity index (χ0) is 27.0. The van der Waals surface area contributed by atoms with E-state index in [1.807, 2.05) is 24.3 Å². The maximum Gasteiger partial charge on any atom is 0.150 e. The van der Waals surface area contributed by atoms with Crippen LogP contribution in [0, 0.1) is 0 Å². The van der Waals surface area contributed by atoms with Crippen molar-refractivity contribution in [2.75, 3.05) is 0 Å². The van der Waals surface area contributed by atoms with Crippen LogP contribution in [0.15, 0.2) is 97.1 Å². The lowest BCUT2D eigenvalue weighted by atomic mass is 9.87. The van der Waals surface area contributed by atoms with E-state index in [2.05, 4.69) is 121 Å². The zero-order valence-electron chi connectivity index (χ0n) is 23.1. The first-order chi connectivity index (χ1) is 17.3. The summed E-state index contributed by atoms with van der Waals surface area (Å²) in [5, 5.41) is 27.4. The van der Waals surface area contributed by atoms with E-state index in [0.717, 1.165) is 10.6 Å². The van der Waals surface area contributed by atoms with Gasteiger partial charge in [0, 0.05) is 10.6 Å². The van der Waals surface area contributed by atoms with Crippen LogP contribution in [0.2, 0.25) is 6.55 Å². The number of benzene rings is 4. The summed E-state index contributed by atoms with van der Waals surface area (Å²) in [6.45, 7) is 15.6. The monoisotopic (exact) mass is 526 g/mol. The zero-order valence-corrected chi connectivity index (χ0v) is 25.0. The third-order valence-corrected chi connectivity index (χ3v) is 18.5. The molecule has 0 spiro atoms. The molecule has 37 heavy (non-hydrogen) atoms. The van der Waals surface area contributed by atoms with Gasteiger partial charge in [-0.1, -0.05) is 121 Å². The molecule has 0 saturated heterocycles. The van der Waals surface area contributed by atoms with E-state index in [-0.39, 0.29) is 10.8 Å². The van der Waals surface area contributed by atoms with Gasteiger partial charge in [0.1, 0.15) is 19.2 Å². The molecule has 2 nitrogen and oxygen atoms in total. The van der Waals surface area contributed by atoms with Gasteiger partial charge in [0.15, 0.2) is 0 Å². The van der Waals surface area contributed by atoms with Crippen molar-refractivity contribution in [2.24, 2.45) is 0 Å². The van der Waals surface area contributed by atoms with Crippen LogP contribution in [0.5, 0.6) is 11.5 Å². The van der Waals surface area contributed by atoms with Crippen molar-refractivity contribution >= 4 is 36.2 Å². The normalized spacial score (nSPS) is 12.6. The Morgan fingerprint density at radius 1 is 0.541 bits per heavy atom. The van der Waals surface area contributed by atoms with Crippen LogP contribution in [-0.2, 0) is 10.8 Å². The maximum absolute atomic E-state index is 11.5. The van der Waals surface area contributed by atoms with Crippen molar-refractivity contribution in [2.45, 2.75) is 58.9 Å². The van der Waals surface area contributed by atoms with Crippen molar-refractivity contribution in [3.05, 3.63) is 108 Å². The van der Waals surface area contributed by atoms with Crippen LogP contribution >= 0.6 is 7.47 Å². The predicted molar refractivity (Wildman–Crippen MR) is 164 cm³/mol. The molecule has 0 atom stereocenters. The fourth-order valence-electron chi connectivity index (χ4n) is 4.90. The summed E-state index contributed by atoms with van der Waals surface area (Å²) in [7, 11) is -3.77. The second-order valence-electron chi connectivity index (χ2n) is 12.0. The molecule has 0 amide bonds. The molecule has 4 aromatic carbocycles. The molecule has 0 saturated carbocycles. The third-order valence-electron chi connectivity index (χ3n) is 7.28. The van der Waals surface area contributed by atoms with Gasteiger partial charge in [0.25, 0.3) is 0 Å². The van der Waals surface area contributed by atoms with E-state index in [4.69, 9.17) is 0 Å². The quantitative estimate of drug-likeness (QED) is 0.230. The molecule has 0 radical (unpaired) electrons. The number of hydrogen-bond donors (Lipinski definition) is 2. The van der Waals surface area contributed by atoms with Gasteiger partial charge in [-0.15, -0.1) is 0 Å². The standard InChI is InChI=1S/C33H39O2PSi/c1-32(2,3)24-18-20-28(34)30(22-24)36(31-23-25(33(4,5)6)19-21-29(31)35)37(7,26-14-10-8-11-15-26)27-16-12-9-13-17-27/h8-23,34-35H,1-7H3. The fraction of sp³-hybridized carbons (Fsp3) is 0.273. The van der Waals surface area contributed by atoms with Crippen LogP contribution in [0.4, 0.5) is 0 Å². The molecule has 2 N–H and O–H groups in total. The molecule has 192 valence electrons. The minimum Gasteiger partial charge on any atom is -0.507 e. The summed E-state index contributed by atoms with van der Waals surface area (Å²) in [4.78, 5) is 0. The van der Waals surface area contributed by atoms with E-state index in [1.165, 1.54) is 21.5 Å². The number of hydrogen-bond acceptors (Lipinski definition) is 2. The lowest BCUT2D eigenvalue weighted by Crippen LogP contribution is -2.57. The number of phenolic OH excluding ortho intramolecular Hbond substituents is 2. The Morgan fingerprint density at radius 3 is 1.22 bits per heavy atom. The van der Waals surface area contributed by atoms with E-state index >= 15 is 0 Å². The number of aromatic hydroxyl groups is 2. The molecule has 4 rings (SSSR count). The highest BCUT2D eigenvalue weighted by atomic mass is 31.4. The Labute approximate surface area is 224 Å². The molecular weight excluding hydrogens is 487 g/mol. The lowest BCUT2D eigenvalue weighted by Gasteiger charge is -2.39. The van der Waals surface area contributed by atoms with E-state index in [1.54, 1.807) is 0 Å². The minimum atomic E-state index is -2.59. The van der Waals surface area contributed by atoms with Crippen LogP contribution < -0.4 is 21.0 Å². The van der Waals surface area contributed by atoms with Crippen LogP contribution in [0.1, 0.15) is 52.7 Å². The van der Waals surface area contributed by atoms with E-state index in [0.29, 0.717) is 11.5 Å². The third kappa shape index (κ3) is 5.40. The van der Waals surface area contributed by atoms with Crippen LogP contribution in [0.25, 0.3) is 0 Å². The highest BCUT2D eigenvalue weighted by Crippen LogP contribution is 2.49. The first-order valence-corrected chi connectivity index (χ1v) is 17.6. The Morgan fingerprint density at radius 2 is 0.892 bits per heavy atom. The van der Waals surface area contributed by atoms with Gasteiger partial charge >= 0.3 is 0 Å². The summed E-state index contributed by atoms with van der Waals surface area (Å²) >= 11 is 0. The van der Waals surface area contributed by atoms with Crippen LogP contribution in [-0.4, -0.2) is 18.0 Å². The minimum absolute atomic E-state index is 0.0732. The van der Waals surface area contributed by atoms with Crippen molar-refractivity contribution in [1.29, 1.82) is 0 Å². The molecule has 4 heteroatoms. The molecule has 0 heterocycles. The van der Waals surface area contributed by atoms with Gasteiger partial charge in [-0.2, -0.15) is 0 Å². The van der Waals surface area contributed by atoms with Gasteiger partial charge in [-0.05, 0) is 64.1 Å². The molecule has 0 aromatic heterocycles. The first-order valence-electron chi connectivity index (χ1n) is 12.9. The molecule has 0 aliphatic rings. The second-order valence-corrected chi connectivity index (χ2v) is 21.0. The smallest absolute Gasteiger partial charge is 0.150 e. The molecule has 0 bridgehead atoms.